The van der Waals surface area contributed by atoms with E-state index in [0.717, 1.165) is 0 Å². The minimum Gasteiger partial charge on any atom is -0.399 e. The smallest absolute Gasteiger partial charge is 0.269 e. The standard InChI is InChI=1S/C26H33ClFN7O4/c1-15(14-36)34(23(38)13-35-21-8-7-16(29)11-18(21)25(32-35)26(30)39)12-22(37)31-20(9-10-33(2)3)17-5-4-6-19(27)24(17)28/h4-8,11,15,20,36H,9-10,12-14,29H2,1-3H3,(H2,30,39)(H,31,37)/t15-,20+/m1/s1. The number of anilines is 1. The number of carbonyl (C=O) groups excluding carboxylic acids is 3. The van der Waals surface area contributed by atoms with Crippen LogP contribution in [-0.4, -0.2) is 82.2 Å². The van der Waals surface area contributed by atoms with Gasteiger partial charge in [0, 0.05) is 16.6 Å². The number of benzene rings is 2. The van der Waals surface area contributed by atoms with Crippen LogP contribution in [-0.2, 0) is 16.1 Å². The van der Waals surface area contributed by atoms with Gasteiger partial charge in [0.2, 0.25) is 11.8 Å². The highest BCUT2D eigenvalue weighted by atomic mass is 35.5. The summed E-state index contributed by atoms with van der Waals surface area (Å²) in [6, 6.07) is 7.88. The van der Waals surface area contributed by atoms with Gasteiger partial charge in [-0.1, -0.05) is 23.7 Å². The molecule has 0 fully saturated rings. The highest BCUT2D eigenvalue weighted by Crippen LogP contribution is 2.26. The summed E-state index contributed by atoms with van der Waals surface area (Å²) in [6.45, 7) is 0.983. The van der Waals surface area contributed by atoms with Crippen LogP contribution in [0, 0.1) is 5.82 Å². The molecule has 2 aromatic carbocycles. The maximum Gasteiger partial charge on any atom is 0.269 e. The SMILES string of the molecule is C[C@H](CO)N(CC(=O)N[C@@H](CCN(C)C)c1cccc(Cl)c1F)C(=O)Cn1nc(C(N)=O)c2cc(N)ccc21. The quantitative estimate of drug-likeness (QED) is 0.244. The van der Waals surface area contributed by atoms with Gasteiger partial charge in [-0.15, -0.1) is 0 Å². The average Bonchev–Trinajstić information content (AvgIpc) is 3.23. The Morgan fingerprint density at radius 1 is 1.23 bits per heavy atom. The lowest BCUT2D eigenvalue weighted by Gasteiger charge is -2.29. The molecule has 210 valence electrons. The number of rotatable bonds is 12. The van der Waals surface area contributed by atoms with Crippen molar-refractivity contribution in [3.63, 3.8) is 0 Å². The summed E-state index contributed by atoms with van der Waals surface area (Å²) >= 11 is 5.97. The third-order valence-electron chi connectivity index (χ3n) is 6.28. The fraction of sp³-hybridized carbons (Fsp3) is 0.385. The van der Waals surface area contributed by atoms with Crippen LogP contribution in [0.25, 0.3) is 10.9 Å². The molecule has 0 aliphatic rings. The Bertz CT molecular complexity index is 1360. The first-order valence-corrected chi connectivity index (χ1v) is 12.6. The first-order valence-electron chi connectivity index (χ1n) is 12.3. The Balaban J connectivity index is 1.84. The van der Waals surface area contributed by atoms with Crippen LogP contribution in [0.1, 0.15) is 35.4 Å². The molecule has 0 spiro atoms. The highest BCUT2D eigenvalue weighted by Gasteiger charge is 2.27. The summed E-state index contributed by atoms with van der Waals surface area (Å²) < 4.78 is 16.1. The normalized spacial score (nSPS) is 12.9. The van der Waals surface area contributed by atoms with E-state index in [9.17, 15) is 23.9 Å². The van der Waals surface area contributed by atoms with Gasteiger partial charge in [-0.25, -0.2) is 4.39 Å². The maximum absolute atomic E-state index is 14.8. The van der Waals surface area contributed by atoms with Crippen molar-refractivity contribution in [3.05, 3.63) is 58.5 Å². The van der Waals surface area contributed by atoms with Crippen molar-refractivity contribution >= 4 is 45.9 Å². The number of hydrogen-bond acceptors (Lipinski definition) is 7. The van der Waals surface area contributed by atoms with Crippen molar-refractivity contribution in [2.24, 2.45) is 5.73 Å². The Kier molecular flexibility index (Phi) is 9.84. The zero-order valence-corrected chi connectivity index (χ0v) is 22.8. The van der Waals surface area contributed by atoms with E-state index in [1.54, 1.807) is 31.2 Å². The fourth-order valence-corrected chi connectivity index (χ4v) is 4.37. The second-order valence-electron chi connectivity index (χ2n) is 9.56. The van der Waals surface area contributed by atoms with Gasteiger partial charge in [0.05, 0.1) is 35.8 Å². The molecule has 2 atom stereocenters. The molecule has 3 rings (SSSR count). The zero-order chi connectivity index (χ0) is 28.9. The molecule has 1 aromatic heterocycles. The summed E-state index contributed by atoms with van der Waals surface area (Å²) in [5.74, 6) is -2.50. The Hall–Kier alpha value is -3.74. The predicted octanol–water partition coefficient (Wildman–Crippen LogP) is 1.53. The van der Waals surface area contributed by atoms with Crippen LogP contribution in [0.4, 0.5) is 10.1 Å². The van der Waals surface area contributed by atoms with Crippen LogP contribution in [0.5, 0.6) is 0 Å². The largest absolute Gasteiger partial charge is 0.399 e. The first kappa shape index (κ1) is 29.8. The second kappa shape index (κ2) is 12.9. The number of primary amides is 1. The molecule has 0 saturated carbocycles. The summed E-state index contributed by atoms with van der Waals surface area (Å²) in [6.07, 6.45) is 0.387. The van der Waals surface area contributed by atoms with E-state index in [0.29, 0.717) is 29.6 Å². The number of halogens is 2. The third kappa shape index (κ3) is 7.22. The van der Waals surface area contributed by atoms with Crippen LogP contribution in [0.15, 0.2) is 36.4 Å². The molecular weight excluding hydrogens is 529 g/mol. The summed E-state index contributed by atoms with van der Waals surface area (Å²) in [4.78, 5) is 41.5. The van der Waals surface area contributed by atoms with Gasteiger partial charge in [-0.05, 0) is 58.3 Å². The number of nitrogens with one attached hydrogen (secondary N) is 1. The molecule has 3 aromatic rings. The minimum atomic E-state index is -0.784. The van der Waals surface area contributed by atoms with Crippen LogP contribution >= 0.6 is 11.6 Å². The number of hydrogen-bond donors (Lipinski definition) is 4. The number of nitrogens with zero attached hydrogens (tertiary/aromatic N) is 4. The number of aromatic nitrogens is 2. The number of amides is 3. The first-order chi connectivity index (χ1) is 18.4. The summed E-state index contributed by atoms with van der Waals surface area (Å²) in [7, 11) is 3.71. The van der Waals surface area contributed by atoms with Crippen molar-refractivity contribution in [1.82, 2.24) is 24.9 Å². The molecule has 13 heteroatoms. The molecule has 0 aliphatic carbocycles. The molecule has 1 heterocycles. The monoisotopic (exact) mass is 561 g/mol. The molecule has 0 unspecified atom stereocenters. The summed E-state index contributed by atoms with van der Waals surface area (Å²) in [5, 5.41) is 17.1. The fourth-order valence-electron chi connectivity index (χ4n) is 4.18. The minimum absolute atomic E-state index is 0.0446. The van der Waals surface area contributed by atoms with Crippen molar-refractivity contribution < 1.29 is 23.9 Å². The van der Waals surface area contributed by atoms with Gasteiger partial charge >= 0.3 is 0 Å². The lowest BCUT2D eigenvalue weighted by atomic mass is 10.0. The molecule has 11 nitrogen and oxygen atoms in total. The second-order valence-corrected chi connectivity index (χ2v) is 9.96. The van der Waals surface area contributed by atoms with Crippen molar-refractivity contribution in [2.45, 2.75) is 32.0 Å². The van der Waals surface area contributed by atoms with Gasteiger partial charge in [-0.2, -0.15) is 5.10 Å². The van der Waals surface area contributed by atoms with Gasteiger partial charge in [0.1, 0.15) is 12.4 Å². The van der Waals surface area contributed by atoms with Crippen molar-refractivity contribution in [2.75, 3.05) is 39.5 Å². The number of aliphatic hydroxyl groups is 1. The maximum atomic E-state index is 14.8. The number of fused-ring (bicyclic) bond motifs is 1. The number of nitrogen functional groups attached to an aromatic ring is 1. The number of aliphatic hydroxyl groups excluding tert-OH is 1. The van der Waals surface area contributed by atoms with Crippen molar-refractivity contribution in [3.8, 4) is 0 Å². The highest BCUT2D eigenvalue weighted by molar-refractivity contribution is 6.30. The van der Waals surface area contributed by atoms with E-state index in [-0.39, 0.29) is 22.8 Å². The van der Waals surface area contributed by atoms with Crippen LogP contribution in [0.3, 0.4) is 0 Å². The molecule has 6 N–H and O–H groups in total. The van der Waals surface area contributed by atoms with Crippen LogP contribution in [0.2, 0.25) is 5.02 Å². The van der Waals surface area contributed by atoms with E-state index >= 15 is 0 Å². The Morgan fingerprint density at radius 3 is 2.59 bits per heavy atom. The van der Waals surface area contributed by atoms with E-state index in [2.05, 4.69) is 10.4 Å². The van der Waals surface area contributed by atoms with Crippen LogP contribution < -0.4 is 16.8 Å². The average molecular weight is 562 g/mol. The Morgan fingerprint density at radius 2 is 1.95 bits per heavy atom. The molecule has 0 radical (unpaired) electrons. The lowest BCUT2D eigenvalue weighted by Crippen LogP contribution is -2.48. The molecule has 3 amide bonds. The lowest BCUT2D eigenvalue weighted by molar-refractivity contribution is -0.139. The van der Waals surface area contributed by atoms with E-state index in [1.807, 2.05) is 19.0 Å². The predicted molar refractivity (Wildman–Crippen MR) is 146 cm³/mol. The number of nitrogens with two attached hydrogens (primary N) is 2. The molecule has 0 bridgehead atoms. The topological polar surface area (TPSA) is 160 Å². The number of carbonyl (C=O) groups is 3. The van der Waals surface area contributed by atoms with E-state index in [4.69, 9.17) is 23.1 Å². The zero-order valence-electron chi connectivity index (χ0n) is 22.0. The van der Waals surface area contributed by atoms with Gasteiger partial charge in [0.25, 0.3) is 5.91 Å². The van der Waals surface area contributed by atoms with E-state index in [1.165, 1.54) is 21.7 Å². The molecule has 0 aliphatic heterocycles. The molecule has 0 saturated heterocycles. The van der Waals surface area contributed by atoms with Crippen molar-refractivity contribution in [1.29, 1.82) is 0 Å². The van der Waals surface area contributed by atoms with Gasteiger partial charge in [-0.3, -0.25) is 19.1 Å². The van der Waals surface area contributed by atoms with Gasteiger partial charge < -0.3 is 31.7 Å². The van der Waals surface area contributed by atoms with Gasteiger partial charge in [0.15, 0.2) is 5.69 Å². The summed E-state index contributed by atoms with van der Waals surface area (Å²) in [5.41, 5.74) is 12.3. The molecule has 39 heavy (non-hydrogen) atoms. The molecular formula is C26H33ClFN7O4. The Labute approximate surface area is 230 Å². The van der Waals surface area contributed by atoms with E-state index < -0.39 is 48.8 Å². The third-order valence-corrected chi connectivity index (χ3v) is 6.57.